The molecule has 0 saturated heterocycles. The van der Waals surface area contributed by atoms with Crippen LogP contribution in [0, 0.1) is 0 Å². The van der Waals surface area contributed by atoms with Crippen LogP contribution >= 0.6 is 12.6 Å². The lowest BCUT2D eigenvalue weighted by atomic mass is 9.99. The lowest BCUT2D eigenvalue weighted by molar-refractivity contribution is -0.159. The average Bonchev–Trinajstić information content (AvgIpc) is 2.87. The van der Waals surface area contributed by atoms with Crippen molar-refractivity contribution in [3.8, 4) is 5.75 Å². The Morgan fingerprint density at radius 3 is 1.98 bits per heavy atom. The number of carbonyl (C=O) groups excluding carboxylic acids is 4. The first-order valence-electron chi connectivity index (χ1n) is 14.2. The molecular weight excluding hydrogens is 570 g/mol. The number of ether oxygens (including phenoxy) is 2. The van der Waals surface area contributed by atoms with Gasteiger partial charge in [0.25, 0.3) is 0 Å². The van der Waals surface area contributed by atoms with E-state index in [0.29, 0.717) is 5.56 Å². The standard InChI is InChI=1S/C32H45N3O7S/c1-20(2)35(28(38)25(19-43)34-30(40)42-32(6,7)8)26(22-15-12-16-23(36)18-22)27(37)33-24(29(39)41-31(3,4)5)17-21-13-10-9-11-14-21/h9-16,18,20,24-26,36,43H,17,19H2,1-8H3,(H,33,37)(H,34,40). The van der Waals surface area contributed by atoms with Crippen LogP contribution in [0.25, 0.3) is 0 Å². The summed E-state index contributed by atoms with van der Waals surface area (Å²) in [6.45, 7) is 13.7. The normalized spacial score (nSPS) is 13.8. The van der Waals surface area contributed by atoms with Gasteiger partial charge < -0.3 is 30.1 Å². The van der Waals surface area contributed by atoms with E-state index < -0.39 is 59.2 Å². The molecule has 0 spiro atoms. The van der Waals surface area contributed by atoms with E-state index >= 15 is 0 Å². The zero-order valence-corrected chi connectivity index (χ0v) is 27.1. The number of nitrogens with zero attached hydrogens (tertiary/aromatic N) is 1. The molecule has 2 aromatic carbocycles. The fourth-order valence-electron chi connectivity index (χ4n) is 4.29. The molecule has 3 atom stereocenters. The summed E-state index contributed by atoms with van der Waals surface area (Å²) in [5.41, 5.74) is -0.515. The molecule has 2 aromatic rings. The Kier molecular flexibility index (Phi) is 12.5. The van der Waals surface area contributed by atoms with Crippen LogP contribution in [0.5, 0.6) is 5.75 Å². The maximum atomic E-state index is 14.2. The predicted molar refractivity (Wildman–Crippen MR) is 168 cm³/mol. The summed E-state index contributed by atoms with van der Waals surface area (Å²) in [6.07, 6.45) is -0.668. The molecule has 0 fully saturated rings. The molecular formula is C32H45N3O7S. The minimum atomic E-state index is -1.29. The summed E-state index contributed by atoms with van der Waals surface area (Å²) in [5.74, 6) is -2.10. The van der Waals surface area contributed by atoms with Crippen LogP contribution in [0.3, 0.4) is 0 Å². The monoisotopic (exact) mass is 615 g/mol. The van der Waals surface area contributed by atoms with Crippen LogP contribution in [-0.4, -0.2) is 69.0 Å². The number of rotatable bonds is 11. The van der Waals surface area contributed by atoms with E-state index in [9.17, 15) is 24.3 Å². The molecule has 236 valence electrons. The molecule has 0 aliphatic carbocycles. The second kappa shape index (κ2) is 15.1. The minimum Gasteiger partial charge on any atom is -0.508 e. The number of nitrogens with one attached hydrogen (secondary N) is 2. The number of benzene rings is 2. The van der Waals surface area contributed by atoms with Crippen molar-refractivity contribution in [3.63, 3.8) is 0 Å². The minimum absolute atomic E-state index is 0.0792. The van der Waals surface area contributed by atoms with Gasteiger partial charge in [0.1, 0.15) is 35.1 Å². The third-order valence-electron chi connectivity index (χ3n) is 5.99. The highest BCUT2D eigenvalue weighted by Gasteiger charge is 2.39. The number of hydrogen-bond acceptors (Lipinski definition) is 8. The number of alkyl carbamates (subject to hydrolysis) is 1. The number of amides is 3. The summed E-state index contributed by atoms with van der Waals surface area (Å²) in [4.78, 5) is 55.3. The summed E-state index contributed by atoms with van der Waals surface area (Å²) in [6, 6.07) is 11.1. The lowest BCUT2D eigenvalue weighted by Crippen LogP contribution is -2.57. The molecule has 43 heavy (non-hydrogen) atoms. The number of phenols is 1. The molecule has 0 bridgehead atoms. The van der Waals surface area contributed by atoms with E-state index in [1.807, 2.05) is 30.3 Å². The summed E-state index contributed by atoms with van der Waals surface area (Å²) >= 11 is 4.29. The topological polar surface area (TPSA) is 134 Å². The van der Waals surface area contributed by atoms with Gasteiger partial charge in [-0.05, 0) is 78.6 Å². The van der Waals surface area contributed by atoms with Gasteiger partial charge in [0.05, 0.1) is 0 Å². The molecule has 11 heteroatoms. The fourth-order valence-corrected chi connectivity index (χ4v) is 4.54. The van der Waals surface area contributed by atoms with Gasteiger partial charge in [-0.3, -0.25) is 9.59 Å². The molecule has 10 nitrogen and oxygen atoms in total. The zero-order chi connectivity index (χ0) is 32.5. The third kappa shape index (κ3) is 11.5. The Hall–Kier alpha value is -3.73. The molecule has 0 heterocycles. The quantitative estimate of drug-likeness (QED) is 0.215. The van der Waals surface area contributed by atoms with Gasteiger partial charge in [-0.2, -0.15) is 12.6 Å². The largest absolute Gasteiger partial charge is 0.508 e. The van der Waals surface area contributed by atoms with E-state index in [4.69, 9.17) is 9.47 Å². The van der Waals surface area contributed by atoms with Crippen LogP contribution < -0.4 is 10.6 Å². The Bertz CT molecular complexity index is 1260. The first kappa shape index (κ1) is 35.5. The molecule has 0 radical (unpaired) electrons. The van der Waals surface area contributed by atoms with Crippen molar-refractivity contribution in [3.05, 3.63) is 65.7 Å². The molecule has 3 N–H and O–H groups in total. The van der Waals surface area contributed by atoms with Crippen LogP contribution in [0.4, 0.5) is 4.79 Å². The molecule has 3 unspecified atom stereocenters. The first-order valence-corrected chi connectivity index (χ1v) is 14.8. The van der Waals surface area contributed by atoms with Gasteiger partial charge in [-0.25, -0.2) is 9.59 Å². The number of aromatic hydroxyl groups is 1. The van der Waals surface area contributed by atoms with Crippen molar-refractivity contribution in [2.75, 3.05) is 5.75 Å². The SMILES string of the molecule is CC(C)N(C(=O)C(CS)NC(=O)OC(C)(C)C)C(C(=O)NC(Cc1ccccc1)C(=O)OC(C)(C)C)c1cccc(O)c1. The second-order valence-electron chi connectivity index (χ2n) is 12.5. The lowest BCUT2D eigenvalue weighted by Gasteiger charge is -2.37. The van der Waals surface area contributed by atoms with E-state index in [1.165, 1.54) is 17.0 Å². The molecule has 0 aromatic heterocycles. The van der Waals surface area contributed by atoms with Crippen LogP contribution in [-0.2, 0) is 30.3 Å². The predicted octanol–water partition coefficient (Wildman–Crippen LogP) is 4.56. The number of carbonyl (C=O) groups is 4. The number of phenolic OH excluding ortho intramolecular Hbond substituents is 1. The number of hydrogen-bond donors (Lipinski definition) is 4. The number of thiol groups is 1. The maximum Gasteiger partial charge on any atom is 0.408 e. The fraction of sp³-hybridized carbons (Fsp3) is 0.500. The highest BCUT2D eigenvalue weighted by atomic mass is 32.1. The Morgan fingerprint density at radius 1 is 0.860 bits per heavy atom. The van der Waals surface area contributed by atoms with E-state index in [1.54, 1.807) is 67.5 Å². The van der Waals surface area contributed by atoms with Crippen molar-refractivity contribution in [1.29, 1.82) is 0 Å². The van der Waals surface area contributed by atoms with E-state index in [2.05, 4.69) is 23.3 Å². The molecule has 0 saturated carbocycles. The van der Waals surface area contributed by atoms with Gasteiger partial charge in [-0.1, -0.05) is 42.5 Å². The van der Waals surface area contributed by atoms with Crippen LogP contribution in [0.15, 0.2) is 54.6 Å². The second-order valence-corrected chi connectivity index (χ2v) is 12.9. The molecule has 0 aliphatic rings. The first-order chi connectivity index (χ1) is 19.9. The number of esters is 1. The smallest absolute Gasteiger partial charge is 0.408 e. The van der Waals surface area contributed by atoms with Crippen molar-refractivity contribution < 1.29 is 33.8 Å². The highest BCUT2D eigenvalue weighted by Crippen LogP contribution is 2.28. The van der Waals surface area contributed by atoms with Gasteiger partial charge in [-0.15, -0.1) is 0 Å². The third-order valence-corrected chi connectivity index (χ3v) is 6.35. The van der Waals surface area contributed by atoms with Gasteiger partial charge >= 0.3 is 12.1 Å². The molecule has 0 aliphatic heterocycles. The highest BCUT2D eigenvalue weighted by molar-refractivity contribution is 7.80. The van der Waals surface area contributed by atoms with E-state index in [-0.39, 0.29) is 17.9 Å². The Labute approximate surface area is 259 Å². The van der Waals surface area contributed by atoms with Crippen molar-refractivity contribution in [2.45, 2.75) is 97.2 Å². The van der Waals surface area contributed by atoms with E-state index in [0.717, 1.165) is 5.56 Å². The summed E-state index contributed by atoms with van der Waals surface area (Å²) in [7, 11) is 0. The van der Waals surface area contributed by atoms with Crippen molar-refractivity contribution in [2.24, 2.45) is 0 Å². The van der Waals surface area contributed by atoms with Gasteiger partial charge in [0.2, 0.25) is 11.8 Å². The summed E-state index contributed by atoms with van der Waals surface area (Å²) < 4.78 is 11.0. The molecule has 2 rings (SSSR count). The maximum absolute atomic E-state index is 14.2. The Balaban J connectivity index is 2.53. The molecule has 3 amide bonds. The van der Waals surface area contributed by atoms with Gasteiger partial charge in [0, 0.05) is 18.2 Å². The summed E-state index contributed by atoms with van der Waals surface area (Å²) in [5, 5.41) is 15.6. The van der Waals surface area contributed by atoms with Crippen molar-refractivity contribution in [1.82, 2.24) is 15.5 Å². The van der Waals surface area contributed by atoms with Gasteiger partial charge in [0.15, 0.2) is 0 Å². The van der Waals surface area contributed by atoms with Crippen molar-refractivity contribution >= 4 is 36.5 Å². The Morgan fingerprint density at radius 2 is 1.47 bits per heavy atom. The zero-order valence-electron chi connectivity index (χ0n) is 26.2. The average molecular weight is 616 g/mol. The van der Waals surface area contributed by atoms with Crippen LogP contribution in [0.1, 0.15) is 72.6 Å². The van der Waals surface area contributed by atoms with Crippen LogP contribution in [0.2, 0.25) is 0 Å².